The fourth-order valence-electron chi connectivity index (χ4n) is 1.65. The predicted octanol–water partition coefficient (Wildman–Crippen LogP) is 2.91. The zero-order valence-corrected chi connectivity index (χ0v) is 10.6. The molecule has 0 bridgehead atoms. The molecule has 94 valence electrons. The molecule has 0 radical (unpaired) electrons. The van der Waals surface area contributed by atoms with Crippen LogP contribution in [0.15, 0.2) is 24.3 Å². The number of pyridine rings is 1. The van der Waals surface area contributed by atoms with E-state index in [0.717, 1.165) is 17.5 Å². The van der Waals surface area contributed by atoms with Gasteiger partial charge in [-0.3, -0.25) is 0 Å². The summed E-state index contributed by atoms with van der Waals surface area (Å²) in [6.07, 6.45) is 0.792. The number of carboxylic acids is 1. The van der Waals surface area contributed by atoms with Gasteiger partial charge in [-0.1, -0.05) is 18.5 Å². The Morgan fingerprint density at radius 3 is 2.83 bits per heavy atom. The van der Waals surface area contributed by atoms with E-state index in [1.165, 1.54) is 0 Å². The quantitative estimate of drug-likeness (QED) is 0.923. The van der Waals surface area contributed by atoms with E-state index >= 15 is 0 Å². The number of nitrogens with zero attached hydrogens (tertiary/aromatic N) is 1. The molecule has 18 heavy (non-hydrogen) atoms. The predicted molar refractivity (Wildman–Crippen MR) is 69.3 cm³/mol. The molecule has 0 aliphatic heterocycles. The first-order valence-corrected chi connectivity index (χ1v) is 5.92. The number of aryl methyl sites for hydroxylation is 1. The molecule has 0 saturated heterocycles. The third-order valence-electron chi connectivity index (χ3n) is 2.54. The van der Waals surface area contributed by atoms with E-state index in [4.69, 9.17) is 21.4 Å². The molecule has 2 rings (SSSR count). The minimum atomic E-state index is -1.02. The second-order valence-corrected chi connectivity index (χ2v) is 4.19. The van der Waals surface area contributed by atoms with Gasteiger partial charge in [-0.05, 0) is 30.7 Å². The largest absolute Gasteiger partial charge is 0.480 e. The summed E-state index contributed by atoms with van der Waals surface area (Å²) in [5.74, 6) is -0.586. The Hall–Kier alpha value is -1.81. The summed E-state index contributed by atoms with van der Waals surface area (Å²) < 4.78 is 5.21. The number of hydrogen-bond donors (Lipinski definition) is 1. The van der Waals surface area contributed by atoms with Crippen LogP contribution in [0.2, 0.25) is 5.02 Å². The summed E-state index contributed by atoms with van der Waals surface area (Å²) in [6.45, 7) is 1.60. The van der Waals surface area contributed by atoms with Crippen molar-refractivity contribution in [3.63, 3.8) is 0 Å². The number of ether oxygens (including phenoxy) is 1. The number of benzene rings is 1. The topological polar surface area (TPSA) is 59.4 Å². The van der Waals surface area contributed by atoms with Crippen LogP contribution in [0.3, 0.4) is 0 Å². The van der Waals surface area contributed by atoms with Crippen molar-refractivity contribution >= 4 is 28.5 Å². The molecule has 1 heterocycles. The Bertz CT molecular complexity index is 598. The Morgan fingerprint density at radius 2 is 2.17 bits per heavy atom. The van der Waals surface area contributed by atoms with Crippen molar-refractivity contribution < 1.29 is 14.6 Å². The molecule has 0 aliphatic carbocycles. The van der Waals surface area contributed by atoms with E-state index in [0.29, 0.717) is 16.3 Å². The van der Waals surface area contributed by atoms with Gasteiger partial charge in [-0.15, -0.1) is 0 Å². The Kier molecular flexibility index (Phi) is 3.67. The molecular formula is C13H12ClNO3. The molecule has 0 amide bonds. The highest BCUT2D eigenvalue weighted by Crippen LogP contribution is 2.30. The van der Waals surface area contributed by atoms with Crippen LogP contribution in [-0.2, 0) is 11.2 Å². The van der Waals surface area contributed by atoms with E-state index < -0.39 is 12.6 Å². The van der Waals surface area contributed by atoms with Crippen molar-refractivity contribution in [2.24, 2.45) is 0 Å². The molecule has 0 saturated carbocycles. The van der Waals surface area contributed by atoms with Crippen LogP contribution < -0.4 is 4.74 Å². The maximum Gasteiger partial charge on any atom is 0.341 e. The summed E-state index contributed by atoms with van der Waals surface area (Å²) >= 11 is 6.08. The number of hydrogen-bond acceptors (Lipinski definition) is 3. The van der Waals surface area contributed by atoms with Crippen LogP contribution in [0.1, 0.15) is 12.6 Å². The smallest absolute Gasteiger partial charge is 0.341 e. The molecule has 1 aromatic heterocycles. The molecule has 0 spiro atoms. The second kappa shape index (κ2) is 5.23. The zero-order valence-electron chi connectivity index (χ0n) is 9.81. The van der Waals surface area contributed by atoms with E-state index in [-0.39, 0.29) is 0 Å². The van der Waals surface area contributed by atoms with Crippen molar-refractivity contribution in [2.45, 2.75) is 13.3 Å². The maximum atomic E-state index is 10.5. The van der Waals surface area contributed by atoms with Crippen molar-refractivity contribution in [3.8, 4) is 5.75 Å². The van der Waals surface area contributed by atoms with Crippen LogP contribution in [-0.4, -0.2) is 22.7 Å². The lowest BCUT2D eigenvalue weighted by Crippen LogP contribution is -2.10. The number of halogens is 1. The van der Waals surface area contributed by atoms with Gasteiger partial charge >= 0.3 is 5.97 Å². The molecule has 0 atom stereocenters. The lowest BCUT2D eigenvalue weighted by molar-refractivity contribution is -0.139. The number of aromatic nitrogens is 1. The van der Waals surface area contributed by atoms with Crippen LogP contribution in [0.25, 0.3) is 10.9 Å². The minimum Gasteiger partial charge on any atom is -0.480 e. The molecule has 0 aliphatic rings. The third kappa shape index (κ3) is 2.54. The Labute approximate surface area is 109 Å². The highest BCUT2D eigenvalue weighted by atomic mass is 35.5. The van der Waals surface area contributed by atoms with E-state index in [1.807, 2.05) is 19.1 Å². The molecule has 2 aromatic rings. The summed E-state index contributed by atoms with van der Waals surface area (Å²) in [6, 6.07) is 7.08. The molecule has 0 fully saturated rings. The molecule has 4 nitrogen and oxygen atoms in total. The summed E-state index contributed by atoms with van der Waals surface area (Å²) in [5.41, 5.74) is 1.51. The van der Waals surface area contributed by atoms with Crippen molar-refractivity contribution in [1.29, 1.82) is 0 Å². The molecule has 1 N–H and O–H groups in total. The minimum absolute atomic E-state index is 0.394. The fraction of sp³-hybridized carbons (Fsp3) is 0.231. The number of rotatable bonds is 4. The summed E-state index contributed by atoms with van der Waals surface area (Å²) in [5, 5.41) is 9.96. The van der Waals surface area contributed by atoms with Gasteiger partial charge in [-0.25, -0.2) is 9.78 Å². The lowest BCUT2D eigenvalue weighted by Gasteiger charge is -2.09. The summed E-state index contributed by atoms with van der Waals surface area (Å²) in [7, 11) is 0. The van der Waals surface area contributed by atoms with Gasteiger partial charge < -0.3 is 9.84 Å². The van der Waals surface area contributed by atoms with Gasteiger partial charge in [0.05, 0.1) is 5.02 Å². The number of aliphatic carboxylic acids is 1. The van der Waals surface area contributed by atoms with E-state index in [9.17, 15) is 4.79 Å². The zero-order chi connectivity index (χ0) is 13.1. The molecule has 0 unspecified atom stereocenters. The monoisotopic (exact) mass is 265 g/mol. The van der Waals surface area contributed by atoms with Gasteiger partial charge in [0.25, 0.3) is 0 Å². The first kappa shape index (κ1) is 12.6. The Morgan fingerprint density at radius 1 is 1.39 bits per heavy atom. The highest BCUT2D eigenvalue weighted by molar-refractivity contribution is 6.35. The van der Waals surface area contributed by atoms with Gasteiger partial charge in [-0.2, -0.15) is 0 Å². The van der Waals surface area contributed by atoms with Crippen LogP contribution in [0.5, 0.6) is 5.75 Å². The first-order chi connectivity index (χ1) is 8.61. The fourth-order valence-corrected chi connectivity index (χ4v) is 1.87. The normalized spacial score (nSPS) is 10.6. The molecule has 5 heteroatoms. The third-order valence-corrected chi connectivity index (χ3v) is 2.87. The number of carbonyl (C=O) groups is 1. The van der Waals surface area contributed by atoms with Gasteiger partial charge in [0, 0.05) is 11.1 Å². The first-order valence-electron chi connectivity index (χ1n) is 5.54. The summed E-state index contributed by atoms with van der Waals surface area (Å²) in [4.78, 5) is 15.0. The maximum absolute atomic E-state index is 10.5. The average Bonchev–Trinajstić information content (AvgIpc) is 2.37. The van der Waals surface area contributed by atoms with Gasteiger partial charge in [0.2, 0.25) is 0 Å². The van der Waals surface area contributed by atoms with E-state index in [1.54, 1.807) is 12.1 Å². The van der Waals surface area contributed by atoms with Crippen LogP contribution in [0, 0.1) is 0 Å². The van der Waals surface area contributed by atoms with Crippen molar-refractivity contribution in [2.75, 3.05) is 6.61 Å². The molecular weight excluding hydrogens is 254 g/mol. The average molecular weight is 266 g/mol. The van der Waals surface area contributed by atoms with Crippen LogP contribution >= 0.6 is 11.6 Å². The molecule has 1 aromatic carbocycles. The lowest BCUT2D eigenvalue weighted by atomic mass is 10.1. The SMILES string of the molecule is CCc1ccc2c(Cl)ccc(OCC(=O)O)c2n1. The van der Waals surface area contributed by atoms with Gasteiger partial charge in [0.1, 0.15) is 11.3 Å². The van der Waals surface area contributed by atoms with Crippen LogP contribution in [0.4, 0.5) is 0 Å². The van der Waals surface area contributed by atoms with Crippen molar-refractivity contribution in [3.05, 3.63) is 35.0 Å². The standard InChI is InChI=1S/C13H12ClNO3/c1-2-8-3-4-9-10(14)5-6-11(13(9)15-8)18-7-12(16)17/h3-6H,2,7H2,1H3,(H,16,17). The van der Waals surface area contributed by atoms with Gasteiger partial charge in [0.15, 0.2) is 6.61 Å². The highest BCUT2D eigenvalue weighted by Gasteiger charge is 2.09. The Balaban J connectivity index is 2.51. The number of fused-ring (bicyclic) bond motifs is 1. The van der Waals surface area contributed by atoms with Crippen molar-refractivity contribution in [1.82, 2.24) is 4.98 Å². The van der Waals surface area contributed by atoms with E-state index in [2.05, 4.69) is 4.98 Å². The second-order valence-electron chi connectivity index (χ2n) is 3.78. The number of carboxylic acid groups (broad SMARTS) is 1.